The summed E-state index contributed by atoms with van der Waals surface area (Å²) < 4.78 is 5.13. The van der Waals surface area contributed by atoms with Gasteiger partial charge in [-0.2, -0.15) is 0 Å². The van der Waals surface area contributed by atoms with E-state index in [-0.39, 0.29) is 11.8 Å². The summed E-state index contributed by atoms with van der Waals surface area (Å²) >= 11 is 5.51. The van der Waals surface area contributed by atoms with E-state index in [1.807, 2.05) is 13.0 Å². The van der Waals surface area contributed by atoms with Crippen LogP contribution in [-0.2, 0) is 4.74 Å². The molecule has 2 N–H and O–H groups in total. The lowest BCUT2D eigenvalue weighted by Crippen LogP contribution is -2.20. The second-order valence-electron chi connectivity index (χ2n) is 4.26. The molecule has 0 aliphatic carbocycles. The molecule has 0 aliphatic rings. The number of benzene rings is 1. The minimum absolute atomic E-state index is 0.172. The Morgan fingerprint density at radius 1 is 1.53 bits per heavy atom. The van der Waals surface area contributed by atoms with Gasteiger partial charge in [0, 0.05) is 12.2 Å². The molecule has 0 radical (unpaired) electrons. The molecule has 1 rings (SSSR count). The molecule has 0 aliphatic heterocycles. The summed E-state index contributed by atoms with van der Waals surface area (Å²) in [6, 6.07) is 7.00. The normalized spacial score (nSPS) is 11.9. The van der Waals surface area contributed by atoms with Gasteiger partial charge in [0.15, 0.2) is 0 Å². The first-order valence-electron chi connectivity index (χ1n) is 6.42. The molecule has 106 valence electrons. The standard InChI is InChI=1S/C14H20ClNO3/c1-2-3-7-19-14(18)11-5-4-6-12(8-11)16-10-13(17)9-15/h4-6,8,13,16-17H,2-3,7,9-10H2,1H3. The second kappa shape index (κ2) is 8.77. The Bertz CT molecular complexity index is 398. The quantitative estimate of drug-likeness (QED) is 0.438. The Morgan fingerprint density at radius 3 is 3.00 bits per heavy atom. The first-order valence-corrected chi connectivity index (χ1v) is 6.96. The summed E-state index contributed by atoms with van der Waals surface area (Å²) in [4.78, 5) is 11.7. The molecule has 0 amide bonds. The number of esters is 1. The van der Waals surface area contributed by atoms with Crippen LogP contribution in [0.2, 0.25) is 0 Å². The maximum atomic E-state index is 11.7. The van der Waals surface area contributed by atoms with E-state index in [4.69, 9.17) is 16.3 Å². The second-order valence-corrected chi connectivity index (χ2v) is 4.57. The maximum absolute atomic E-state index is 11.7. The van der Waals surface area contributed by atoms with E-state index in [0.29, 0.717) is 18.7 Å². The number of unbranched alkanes of at least 4 members (excludes halogenated alkanes) is 1. The molecule has 0 heterocycles. The average Bonchev–Trinajstić information content (AvgIpc) is 2.45. The molecule has 1 aromatic carbocycles. The molecule has 0 bridgehead atoms. The number of nitrogens with one attached hydrogen (secondary N) is 1. The molecule has 0 spiro atoms. The van der Waals surface area contributed by atoms with Gasteiger partial charge in [-0.05, 0) is 24.6 Å². The van der Waals surface area contributed by atoms with Crippen molar-refractivity contribution in [3.05, 3.63) is 29.8 Å². The van der Waals surface area contributed by atoms with Crippen LogP contribution in [-0.4, -0.2) is 36.2 Å². The van der Waals surface area contributed by atoms with Crippen molar-refractivity contribution in [3.63, 3.8) is 0 Å². The first-order chi connectivity index (χ1) is 9.17. The van der Waals surface area contributed by atoms with Crippen molar-refractivity contribution in [1.29, 1.82) is 0 Å². The number of aliphatic hydroxyl groups is 1. The van der Waals surface area contributed by atoms with E-state index in [9.17, 15) is 9.90 Å². The fourth-order valence-corrected chi connectivity index (χ4v) is 1.55. The monoisotopic (exact) mass is 285 g/mol. The molecule has 19 heavy (non-hydrogen) atoms. The minimum Gasteiger partial charge on any atom is -0.462 e. The number of alkyl halides is 1. The fourth-order valence-electron chi connectivity index (χ4n) is 1.44. The van der Waals surface area contributed by atoms with Gasteiger partial charge in [0.1, 0.15) is 0 Å². The van der Waals surface area contributed by atoms with Gasteiger partial charge in [-0.25, -0.2) is 4.79 Å². The molecule has 4 nitrogen and oxygen atoms in total. The number of rotatable bonds is 8. The highest BCUT2D eigenvalue weighted by molar-refractivity contribution is 6.18. The van der Waals surface area contributed by atoms with Gasteiger partial charge in [0.25, 0.3) is 0 Å². The Hall–Kier alpha value is -1.26. The largest absolute Gasteiger partial charge is 0.462 e. The van der Waals surface area contributed by atoms with E-state index in [1.165, 1.54) is 0 Å². The lowest BCUT2D eigenvalue weighted by Gasteiger charge is -2.11. The van der Waals surface area contributed by atoms with Crippen LogP contribution in [0.25, 0.3) is 0 Å². The van der Waals surface area contributed by atoms with Crippen LogP contribution in [0.5, 0.6) is 0 Å². The average molecular weight is 286 g/mol. The molecule has 0 saturated carbocycles. The van der Waals surface area contributed by atoms with Gasteiger partial charge < -0.3 is 15.2 Å². The molecule has 5 heteroatoms. The Morgan fingerprint density at radius 2 is 2.32 bits per heavy atom. The number of carbonyl (C=O) groups is 1. The number of carbonyl (C=O) groups excluding carboxylic acids is 1. The van der Waals surface area contributed by atoms with Gasteiger partial charge in [0.05, 0.1) is 24.2 Å². The summed E-state index contributed by atoms with van der Waals surface area (Å²) in [7, 11) is 0. The third-order valence-corrected chi connectivity index (χ3v) is 2.91. The molecule has 0 aromatic heterocycles. The van der Waals surface area contributed by atoms with Crippen molar-refractivity contribution in [2.45, 2.75) is 25.9 Å². The van der Waals surface area contributed by atoms with Crippen LogP contribution in [0.1, 0.15) is 30.1 Å². The summed E-state index contributed by atoms with van der Waals surface area (Å²) in [6.07, 6.45) is 1.25. The number of hydrogen-bond donors (Lipinski definition) is 2. The summed E-state index contributed by atoms with van der Waals surface area (Å²) in [6.45, 7) is 2.83. The zero-order valence-electron chi connectivity index (χ0n) is 11.1. The lowest BCUT2D eigenvalue weighted by molar-refractivity contribution is 0.0500. The maximum Gasteiger partial charge on any atom is 0.338 e. The van der Waals surface area contributed by atoms with Crippen molar-refractivity contribution in [3.8, 4) is 0 Å². The van der Waals surface area contributed by atoms with Gasteiger partial charge in [-0.3, -0.25) is 0 Å². The van der Waals surface area contributed by atoms with E-state index in [1.54, 1.807) is 18.2 Å². The van der Waals surface area contributed by atoms with Crippen molar-refractivity contribution in [2.24, 2.45) is 0 Å². The van der Waals surface area contributed by atoms with E-state index in [2.05, 4.69) is 5.32 Å². The van der Waals surface area contributed by atoms with Crippen LogP contribution in [0.3, 0.4) is 0 Å². The SMILES string of the molecule is CCCCOC(=O)c1cccc(NCC(O)CCl)c1. The summed E-state index contributed by atoms with van der Waals surface area (Å²) in [5.74, 6) is -0.152. The summed E-state index contributed by atoms with van der Waals surface area (Å²) in [5.41, 5.74) is 1.26. The van der Waals surface area contributed by atoms with E-state index < -0.39 is 6.10 Å². The number of aliphatic hydroxyl groups excluding tert-OH is 1. The Balaban J connectivity index is 2.53. The predicted molar refractivity (Wildman–Crippen MR) is 76.8 cm³/mol. The number of ether oxygens (including phenoxy) is 1. The highest BCUT2D eigenvalue weighted by atomic mass is 35.5. The first kappa shape index (κ1) is 15.8. The fraction of sp³-hybridized carbons (Fsp3) is 0.500. The van der Waals surface area contributed by atoms with Crippen molar-refractivity contribution in [2.75, 3.05) is 24.3 Å². The number of anilines is 1. The van der Waals surface area contributed by atoms with Crippen LogP contribution >= 0.6 is 11.6 Å². The topological polar surface area (TPSA) is 58.6 Å². The highest BCUT2D eigenvalue weighted by Gasteiger charge is 2.08. The number of hydrogen-bond acceptors (Lipinski definition) is 4. The third-order valence-electron chi connectivity index (χ3n) is 2.55. The Kier molecular flexibility index (Phi) is 7.30. The Labute approximate surface area is 118 Å². The molecular formula is C14H20ClNO3. The molecule has 0 saturated heterocycles. The van der Waals surface area contributed by atoms with Crippen molar-refractivity contribution in [1.82, 2.24) is 0 Å². The van der Waals surface area contributed by atoms with Gasteiger partial charge in [-0.1, -0.05) is 19.4 Å². The highest BCUT2D eigenvalue weighted by Crippen LogP contribution is 2.12. The molecule has 0 fully saturated rings. The molecule has 1 aromatic rings. The van der Waals surface area contributed by atoms with Crippen LogP contribution in [0.15, 0.2) is 24.3 Å². The number of halogens is 1. The molecule has 1 unspecified atom stereocenters. The molecular weight excluding hydrogens is 266 g/mol. The van der Waals surface area contributed by atoms with Crippen LogP contribution in [0, 0.1) is 0 Å². The smallest absolute Gasteiger partial charge is 0.338 e. The minimum atomic E-state index is -0.609. The molecule has 1 atom stereocenters. The zero-order valence-corrected chi connectivity index (χ0v) is 11.8. The van der Waals surface area contributed by atoms with Gasteiger partial charge in [0.2, 0.25) is 0 Å². The van der Waals surface area contributed by atoms with Gasteiger partial charge in [-0.15, -0.1) is 11.6 Å². The van der Waals surface area contributed by atoms with Crippen LogP contribution in [0.4, 0.5) is 5.69 Å². The van der Waals surface area contributed by atoms with Gasteiger partial charge >= 0.3 is 5.97 Å². The van der Waals surface area contributed by atoms with E-state index in [0.717, 1.165) is 18.5 Å². The van der Waals surface area contributed by atoms with Crippen LogP contribution < -0.4 is 5.32 Å². The predicted octanol–water partition coefficient (Wildman–Crippen LogP) is 2.66. The van der Waals surface area contributed by atoms with E-state index >= 15 is 0 Å². The summed E-state index contributed by atoms with van der Waals surface area (Å²) in [5, 5.41) is 12.4. The zero-order chi connectivity index (χ0) is 14.1. The van der Waals surface area contributed by atoms with Crippen molar-refractivity contribution >= 4 is 23.3 Å². The lowest BCUT2D eigenvalue weighted by atomic mass is 10.2. The third kappa shape index (κ3) is 5.94. The van der Waals surface area contributed by atoms with Crippen molar-refractivity contribution < 1.29 is 14.6 Å².